The molecular formula is C16H14N2O. The smallest absolute Gasteiger partial charge is 0.227 e. The molecule has 2 aromatic carbocycles. The molecule has 0 spiro atoms. The number of aromatic nitrogens is 1. The lowest BCUT2D eigenvalue weighted by Gasteiger charge is -2.00. The molecule has 1 aliphatic rings. The van der Waals surface area contributed by atoms with Crippen LogP contribution in [0.3, 0.4) is 0 Å². The molecule has 0 atom stereocenters. The molecular weight excluding hydrogens is 236 g/mol. The van der Waals surface area contributed by atoms with Gasteiger partial charge in [-0.05, 0) is 48.7 Å². The highest BCUT2D eigenvalue weighted by atomic mass is 16.3. The predicted octanol–water partition coefficient (Wildman–Crippen LogP) is 3.77. The zero-order valence-corrected chi connectivity index (χ0v) is 10.7. The predicted molar refractivity (Wildman–Crippen MR) is 76.4 cm³/mol. The Kier molecular flexibility index (Phi) is 2.15. The van der Waals surface area contributed by atoms with Crippen LogP contribution in [0.25, 0.3) is 22.6 Å². The van der Waals surface area contributed by atoms with E-state index in [-0.39, 0.29) is 0 Å². The molecule has 3 heteroatoms. The zero-order valence-electron chi connectivity index (χ0n) is 10.7. The Balaban J connectivity index is 1.88. The fraction of sp³-hybridized carbons (Fsp3) is 0.188. The molecule has 0 radical (unpaired) electrons. The van der Waals surface area contributed by atoms with Crippen LogP contribution in [-0.2, 0) is 6.42 Å². The van der Waals surface area contributed by atoms with Crippen molar-refractivity contribution in [3.05, 3.63) is 47.5 Å². The quantitative estimate of drug-likeness (QED) is 0.714. The summed E-state index contributed by atoms with van der Waals surface area (Å²) in [6.45, 7) is 3.08. The van der Waals surface area contributed by atoms with Crippen LogP contribution in [-0.4, -0.2) is 11.5 Å². The molecule has 1 aromatic heterocycles. The lowest BCUT2D eigenvalue weighted by molar-refractivity contribution is 0.620. The van der Waals surface area contributed by atoms with E-state index in [1.807, 2.05) is 12.1 Å². The van der Waals surface area contributed by atoms with E-state index in [1.54, 1.807) is 0 Å². The molecule has 0 saturated carbocycles. The molecule has 3 nitrogen and oxygen atoms in total. The second-order valence-electron chi connectivity index (χ2n) is 4.99. The SMILES string of the molecule is Cc1cccc2oc(-c3ccc4c(c3)CCN4)nc12. The van der Waals surface area contributed by atoms with Gasteiger partial charge in [0, 0.05) is 17.8 Å². The van der Waals surface area contributed by atoms with Crippen LogP contribution < -0.4 is 5.32 Å². The Morgan fingerprint density at radius 1 is 1.21 bits per heavy atom. The fourth-order valence-electron chi connectivity index (χ4n) is 2.65. The average Bonchev–Trinajstić information content (AvgIpc) is 3.04. The summed E-state index contributed by atoms with van der Waals surface area (Å²) in [5, 5.41) is 3.36. The van der Waals surface area contributed by atoms with Gasteiger partial charge in [-0.25, -0.2) is 4.98 Å². The van der Waals surface area contributed by atoms with Gasteiger partial charge in [-0.1, -0.05) is 12.1 Å². The van der Waals surface area contributed by atoms with Gasteiger partial charge in [-0.15, -0.1) is 0 Å². The first-order valence-electron chi connectivity index (χ1n) is 6.54. The van der Waals surface area contributed by atoms with Crippen LogP contribution in [0.4, 0.5) is 5.69 Å². The van der Waals surface area contributed by atoms with Gasteiger partial charge < -0.3 is 9.73 Å². The van der Waals surface area contributed by atoms with Crippen molar-refractivity contribution in [1.29, 1.82) is 0 Å². The van der Waals surface area contributed by atoms with E-state index in [9.17, 15) is 0 Å². The molecule has 0 unspecified atom stereocenters. The summed E-state index contributed by atoms with van der Waals surface area (Å²) in [6, 6.07) is 12.4. The monoisotopic (exact) mass is 250 g/mol. The highest BCUT2D eigenvalue weighted by Gasteiger charge is 2.14. The van der Waals surface area contributed by atoms with Crippen molar-refractivity contribution in [3.8, 4) is 11.5 Å². The van der Waals surface area contributed by atoms with Gasteiger partial charge >= 0.3 is 0 Å². The van der Waals surface area contributed by atoms with Gasteiger partial charge in [0.2, 0.25) is 5.89 Å². The summed E-state index contributed by atoms with van der Waals surface area (Å²) in [7, 11) is 0. The van der Waals surface area contributed by atoms with E-state index in [0.717, 1.165) is 35.2 Å². The van der Waals surface area contributed by atoms with Gasteiger partial charge in [-0.2, -0.15) is 0 Å². The van der Waals surface area contributed by atoms with Crippen molar-refractivity contribution >= 4 is 16.8 Å². The number of anilines is 1. The third kappa shape index (κ3) is 1.62. The van der Waals surface area contributed by atoms with Gasteiger partial charge in [0.05, 0.1) is 0 Å². The topological polar surface area (TPSA) is 38.1 Å². The van der Waals surface area contributed by atoms with Crippen molar-refractivity contribution < 1.29 is 4.42 Å². The number of para-hydroxylation sites is 1. The van der Waals surface area contributed by atoms with E-state index in [2.05, 4.69) is 41.5 Å². The molecule has 2 heterocycles. The fourth-order valence-corrected chi connectivity index (χ4v) is 2.65. The van der Waals surface area contributed by atoms with Crippen molar-refractivity contribution in [3.63, 3.8) is 0 Å². The first-order chi connectivity index (χ1) is 9.31. The first-order valence-corrected chi connectivity index (χ1v) is 6.54. The molecule has 0 fully saturated rings. The van der Waals surface area contributed by atoms with E-state index in [0.29, 0.717) is 5.89 Å². The van der Waals surface area contributed by atoms with Crippen molar-refractivity contribution in [2.75, 3.05) is 11.9 Å². The van der Waals surface area contributed by atoms with E-state index in [4.69, 9.17) is 4.42 Å². The largest absolute Gasteiger partial charge is 0.436 e. The average molecular weight is 250 g/mol. The molecule has 1 N–H and O–H groups in total. The minimum Gasteiger partial charge on any atom is -0.436 e. The number of nitrogens with zero attached hydrogens (tertiary/aromatic N) is 1. The van der Waals surface area contributed by atoms with Crippen LogP contribution in [0.15, 0.2) is 40.8 Å². The molecule has 94 valence electrons. The van der Waals surface area contributed by atoms with Crippen LogP contribution >= 0.6 is 0 Å². The maximum Gasteiger partial charge on any atom is 0.227 e. The Labute approximate surface area is 111 Å². The molecule has 1 aliphatic heterocycles. The number of nitrogens with one attached hydrogen (secondary N) is 1. The Morgan fingerprint density at radius 2 is 2.16 bits per heavy atom. The molecule has 19 heavy (non-hydrogen) atoms. The molecule has 0 saturated heterocycles. The number of fused-ring (bicyclic) bond motifs is 2. The summed E-state index contributed by atoms with van der Waals surface area (Å²) < 4.78 is 5.86. The zero-order chi connectivity index (χ0) is 12.8. The summed E-state index contributed by atoms with van der Waals surface area (Å²) in [6.07, 6.45) is 1.07. The Hall–Kier alpha value is -2.29. The first kappa shape index (κ1) is 10.6. The maximum absolute atomic E-state index is 5.86. The van der Waals surface area contributed by atoms with Gasteiger partial charge in [-0.3, -0.25) is 0 Å². The van der Waals surface area contributed by atoms with Crippen molar-refractivity contribution in [1.82, 2.24) is 4.98 Å². The number of benzene rings is 2. The Morgan fingerprint density at radius 3 is 3.05 bits per heavy atom. The number of rotatable bonds is 1. The molecule has 0 aliphatic carbocycles. The lowest BCUT2D eigenvalue weighted by atomic mass is 10.1. The lowest BCUT2D eigenvalue weighted by Crippen LogP contribution is -1.90. The maximum atomic E-state index is 5.86. The highest BCUT2D eigenvalue weighted by molar-refractivity contribution is 5.79. The normalized spacial score (nSPS) is 13.5. The minimum atomic E-state index is 0.707. The number of hydrogen-bond acceptors (Lipinski definition) is 3. The summed E-state index contributed by atoms with van der Waals surface area (Å²) in [5.41, 5.74) is 6.59. The van der Waals surface area contributed by atoms with E-state index < -0.39 is 0 Å². The van der Waals surface area contributed by atoms with Crippen LogP contribution in [0.2, 0.25) is 0 Å². The molecule has 0 amide bonds. The van der Waals surface area contributed by atoms with Gasteiger partial charge in [0.25, 0.3) is 0 Å². The minimum absolute atomic E-state index is 0.707. The van der Waals surface area contributed by atoms with Crippen molar-refractivity contribution in [2.45, 2.75) is 13.3 Å². The highest BCUT2D eigenvalue weighted by Crippen LogP contribution is 2.30. The molecule has 0 bridgehead atoms. The van der Waals surface area contributed by atoms with Crippen LogP contribution in [0, 0.1) is 6.92 Å². The van der Waals surface area contributed by atoms with Crippen molar-refractivity contribution in [2.24, 2.45) is 0 Å². The second-order valence-corrected chi connectivity index (χ2v) is 4.99. The number of aryl methyl sites for hydroxylation is 1. The summed E-state index contributed by atoms with van der Waals surface area (Å²) in [4.78, 5) is 4.62. The van der Waals surface area contributed by atoms with Gasteiger partial charge in [0.15, 0.2) is 5.58 Å². The standard InChI is InChI=1S/C16H14N2O/c1-10-3-2-4-14-15(10)18-16(19-14)12-5-6-13-11(9-12)7-8-17-13/h2-6,9,17H,7-8H2,1H3. The summed E-state index contributed by atoms with van der Waals surface area (Å²) in [5.74, 6) is 0.707. The van der Waals surface area contributed by atoms with Crippen LogP contribution in [0.1, 0.15) is 11.1 Å². The number of oxazole rings is 1. The van der Waals surface area contributed by atoms with Crippen LogP contribution in [0.5, 0.6) is 0 Å². The molecule has 4 rings (SSSR count). The van der Waals surface area contributed by atoms with E-state index >= 15 is 0 Å². The van der Waals surface area contributed by atoms with Gasteiger partial charge in [0.1, 0.15) is 5.52 Å². The number of hydrogen-bond donors (Lipinski definition) is 1. The third-order valence-corrected chi connectivity index (χ3v) is 3.68. The summed E-state index contributed by atoms with van der Waals surface area (Å²) >= 11 is 0. The Bertz CT molecular complexity index is 774. The van der Waals surface area contributed by atoms with E-state index in [1.165, 1.54) is 11.3 Å². The molecule has 3 aromatic rings. The third-order valence-electron chi connectivity index (χ3n) is 3.68. The second kappa shape index (κ2) is 3.85.